The van der Waals surface area contributed by atoms with Crippen molar-refractivity contribution < 1.29 is 4.90 Å². The maximum Gasteiger partial charge on any atom is 0.157 e. The van der Waals surface area contributed by atoms with E-state index in [2.05, 4.69) is 23.6 Å². The zero-order valence-electron chi connectivity index (χ0n) is 10.4. The molecule has 1 aromatic heterocycles. The largest absolute Gasteiger partial charge is 0.318 e. The smallest absolute Gasteiger partial charge is 0.157 e. The molecule has 0 unspecified atom stereocenters. The summed E-state index contributed by atoms with van der Waals surface area (Å²) in [6.07, 6.45) is 2.61. The van der Waals surface area contributed by atoms with Gasteiger partial charge >= 0.3 is 0 Å². The molecule has 3 nitrogen and oxygen atoms in total. The predicted molar refractivity (Wildman–Crippen MR) is 69.4 cm³/mol. The Kier molecular flexibility index (Phi) is 3.60. The number of quaternary nitrogens is 1. The molecule has 1 fully saturated rings. The van der Waals surface area contributed by atoms with Gasteiger partial charge in [0.05, 0.1) is 18.7 Å². The van der Waals surface area contributed by atoms with Gasteiger partial charge in [-0.1, -0.05) is 12.2 Å². The summed E-state index contributed by atoms with van der Waals surface area (Å²) in [4.78, 5) is 1.57. The van der Waals surface area contributed by atoms with E-state index < -0.39 is 0 Å². The van der Waals surface area contributed by atoms with Crippen molar-refractivity contribution in [2.45, 2.75) is 33.4 Å². The molecule has 1 saturated heterocycles. The van der Waals surface area contributed by atoms with E-state index >= 15 is 0 Å². The molecule has 1 N–H and O–H groups in total. The Morgan fingerprint density at radius 2 is 2.06 bits per heavy atom. The minimum Gasteiger partial charge on any atom is -0.318 e. The monoisotopic (exact) mass is 248 g/mol. The molecule has 0 saturated carbocycles. The number of hydrogen-bond acceptors (Lipinski definition) is 2. The summed E-state index contributed by atoms with van der Waals surface area (Å²) >= 11 is 5.43. The molecule has 17 heavy (non-hydrogen) atoms. The Morgan fingerprint density at radius 1 is 1.41 bits per heavy atom. The van der Waals surface area contributed by atoms with Crippen LogP contribution in [0.1, 0.15) is 29.7 Å². The van der Waals surface area contributed by atoms with Crippen molar-refractivity contribution in [2.75, 3.05) is 13.1 Å². The molecule has 2 rings (SSSR count). The van der Waals surface area contributed by atoms with Crippen LogP contribution in [0.5, 0.6) is 0 Å². The Balaban J connectivity index is 2.39. The lowest BCUT2D eigenvalue weighted by Gasteiger charge is -2.18. The van der Waals surface area contributed by atoms with Crippen molar-refractivity contribution in [3.63, 3.8) is 0 Å². The van der Waals surface area contributed by atoms with E-state index in [1.165, 1.54) is 25.9 Å². The summed E-state index contributed by atoms with van der Waals surface area (Å²) in [6, 6.07) is 4.28. The molecule has 0 aromatic carbocycles. The topological polar surface area (TPSA) is 33.2 Å². The summed E-state index contributed by atoms with van der Waals surface area (Å²) in [6.45, 7) is 7.36. The number of hydrogen-bond donors (Lipinski definition) is 1. The Morgan fingerprint density at radius 3 is 2.65 bits per heavy atom. The van der Waals surface area contributed by atoms with E-state index in [0.29, 0.717) is 10.2 Å². The van der Waals surface area contributed by atoms with E-state index in [1.807, 2.05) is 6.92 Å². The molecule has 0 aliphatic carbocycles. The van der Waals surface area contributed by atoms with Crippen molar-refractivity contribution in [3.05, 3.63) is 27.5 Å². The van der Waals surface area contributed by atoms with E-state index in [9.17, 15) is 0 Å². The molecule has 4 heteroatoms. The van der Waals surface area contributed by atoms with Gasteiger partial charge in [0.1, 0.15) is 10.7 Å². The number of pyridine rings is 1. The highest BCUT2D eigenvalue weighted by Gasteiger charge is 2.17. The van der Waals surface area contributed by atoms with Gasteiger partial charge < -0.3 is 4.90 Å². The normalized spacial score (nSPS) is 16.1. The molecule has 0 amide bonds. The molecule has 2 heterocycles. The number of nitrogens with one attached hydrogen (secondary N) is 1. The lowest BCUT2D eigenvalue weighted by Crippen LogP contribution is -3.09. The Bertz CT molecular complexity index is 519. The lowest BCUT2D eigenvalue weighted by molar-refractivity contribution is -0.910. The fourth-order valence-corrected chi connectivity index (χ4v) is 2.93. The van der Waals surface area contributed by atoms with Crippen LogP contribution in [0, 0.1) is 29.8 Å². The summed E-state index contributed by atoms with van der Waals surface area (Å²) in [5.74, 6) is 0. The SMILES string of the molecule is Cc1cc(C)n(C[NH+]2CCCC2)c(=S)c1C#N. The minimum atomic E-state index is 0.657. The fourth-order valence-electron chi connectivity index (χ4n) is 2.52. The van der Waals surface area contributed by atoms with Gasteiger partial charge in [-0.2, -0.15) is 5.26 Å². The molecule has 0 radical (unpaired) electrons. The maximum atomic E-state index is 9.14. The van der Waals surface area contributed by atoms with Gasteiger partial charge in [0.15, 0.2) is 6.67 Å². The quantitative estimate of drug-likeness (QED) is 0.801. The summed E-state index contributed by atoms with van der Waals surface area (Å²) in [5, 5.41) is 9.14. The standard InChI is InChI=1S/C13H17N3S/c1-10-7-11(2)16(13(17)12(10)8-14)9-15-5-3-4-6-15/h7H,3-6,9H2,1-2H3/p+1. The highest BCUT2D eigenvalue weighted by Crippen LogP contribution is 2.12. The Hall–Kier alpha value is -1.18. The van der Waals surface area contributed by atoms with Gasteiger partial charge in [-0.15, -0.1) is 0 Å². The number of aromatic nitrogens is 1. The van der Waals surface area contributed by atoms with Crippen LogP contribution in [0.25, 0.3) is 0 Å². The van der Waals surface area contributed by atoms with E-state index in [1.54, 1.807) is 4.90 Å². The van der Waals surface area contributed by atoms with Gasteiger partial charge in [-0.3, -0.25) is 4.57 Å². The molecule has 0 atom stereocenters. The molecule has 1 aliphatic heterocycles. The molecule has 0 spiro atoms. The third-order valence-corrected chi connectivity index (χ3v) is 3.93. The molecular formula is C13H18N3S+. The lowest BCUT2D eigenvalue weighted by atomic mass is 10.1. The third-order valence-electron chi connectivity index (χ3n) is 3.51. The van der Waals surface area contributed by atoms with Crippen LogP contribution in [0.4, 0.5) is 0 Å². The fraction of sp³-hybridized carbons (Fsp3) is 0.538. The summed E-state index contributed by atoms with van der Waals surface area (Å²) < 4.78 is 2.81. The van der Waals surface area contributed by atoms with Crippen LogP contribution in [-0.4, -0.2) is 17.7 Å². The summed E-state index contributed by atoms with van der Waals surface area (Å²) in [7, 11) is 0. The van der Waals surface area contributed by atoms with Crippen LogP contribution >= 0.6 is 12.2 Å². The van der Waals surface area contributed by atoms with Crippen LogP contribution in [0.3, 0.4) is 0 Å². The highest BCUT2D eigenvalue weighted by atomic mass is 32.1. The van der Waals surface area contributed by atoms with E-state index in [-0.39, 0.29) is 0 Å². The van der Waals surface area contributed by atoms with Crippen molar-refractivity contribution >= 4 is 12.2 Å². The number of rotatable bonds is 2. The third kappa shape index (κ3) is 2.41. The average Bonchev–Trinajstić information content (AvgIpc) is 2.77. The molecule has 0 bridgehead atoms. The van der Waals surface area contributed by atoms with Gasteiger partial charge in [-0.05, 0) is 25.5 Å². The van der Waals surface area contributed by atoms with Crippen molar-refractivity contribution in [2.24, 2.45) is 0 Å². The number of likely N-dealkylation sites (tertiary alicyclic amines) is 1. The number of nitriles is 1. The van der Waals surface area contributed by atoms with Crippen LogP contribution in [0.15, 0.2) is 6.07 Å². The first-order valence-corrected chi connectivity index (χ1v) is 6.49. The first-order valence-electron chi connectivity index (χ1n) is 6.08. The number of aryl methyl sites for hydroxylation is 2. The molecule has 90 valence electrons. The second-order valence-corrected chi connectivity index (χ2v) is 5.19. The van der Waals surface area contributed by atoms with Gasteiger partial charge in [-0.25, -0.2) is 0 Å². The van der Waals surface area contributed by atoms with Crippen molar-refractivity contribution in [3.8, 4) is 6.07 Å². The van der Waals surface area contributed by atoms with Crippen molar-refractivity contribution in [1.29, 1.82) is 5.26 Å². The molecule has 1 aromatic rings. The number of nitrogens with zero attached hydrogens (tertiary/aromatic N) is 2. The maximum absolute atomic E-state index is 9.14. The van der Waals surface area contributed by atoms with Crippen LogP contribution in [0.2, 0.25) is 0 Å². The second kappa shape index (κ2) is 4.99. The zero-order chi connectivity index (χ0) is 12.4. The van der Waals surface area contributed by atoms with Gasteiger partial charge in [0.2, 0.25) is 0 Å². The first-order chi connectivity index (χ1) is 8.13. The predicted octanol–water partition coefficient (Wildman–Crippen LogP) is 1.34. The van der Waals surface area contributed by atoms with Crippen molar-refractivity contribution in [1.82, 2.24) is 4.57 Å². The first kappa shape index (κ1) is 12.3. The van der Waals surface area contributed by atoms with Gasteiger partial charge in [0.25, 0.3) is 0 Å². The van der Waals surface area contributed by atoms with Crippen LogP contribution < -0.4 is 4.90 Å². The molecular weight excluding hydrogens is 230 g/mol. The second-order valence-electron chi connectivity index (χ2n) is 4.80. The molecule has 1 aliphatic rings. The highest BCUT2D eigenvalue weighted by molar-refractivity contribution is 7.71. The zero-order valence-corrected chi connectivity index (χ0v) is 11.2. The van der Waals surface area contributed by atoms with Crippen LogP contribution in [-0.2, 0) is 6.67 Å². The summed E-state index contributed by atoms with van der Waals surface area (Å²) in [5.41, 5.74) is 2.80. The minimum absolute atomic E-state index is 0.657. The van der Waals surface area contributed by atoms with E-state index in [0.717, 1.165) is 17.9 Å². The van der Waals surface area contributed by atoms with E-state index in [4.69, 9.17) is 17.5 Å². The average molecular weight is 248 g/mol. The van der Waals surface area contributed by atoms with Gasteiger partial charge in [0, 0.05) is 18.5 Å². The Labute approximate surface area is 107 Å².